The molecule has 1 heterocycles. The number of carbonyl (C=O) groups is 2. The number of Topliss-reactive ketones (excluding diaryl/α,β-unsaturated/α-hetero) is 1. The van der Waals surface area contributed by atoms with Crippen molar-refractivity contribution in [2.75, 3.05) is 0 Å². The van der Waals surface area contributed by atoms with E-state index in [1.54, 1.807) is 0 Å². The second-order valence-corrected chi connectivity index (χ2v) is 5.86. The summed E-state index contributed by atoms with van der Waals surface area (Å²) in [4.78, 5) is 24.0. The molecule has 0 aromatic heterocycles. The quantitative estimate of drug-likeness (QED) is 0.675. The zero-order chi connectivity index (χ0) is 15.1. The highest BCUT2D eigenvalue weighted by Crippen LogP contribution is 2.18. The fourth-order valence-electron chi connectivity index (χ4n) is 2.77. The summed E-state index contributed by atoms with van der Waals surface area (Å²) in [6, 6.07) is 7.69. The lowest BCUT2D eigenvalue weighted by Gasteiger charge is -2.15. The van der Waals surface area contributed by atoms with Crippen LogP contribution in [0.1, 0.15) is 67.8 Å². The van der Waals surface area contributed by atoms with E-state index in [4.69, 9.17) is 4.74 Å². The number of fused-ring (bicyclic) bond motifs is 1. The Labute approximate surface area is 126 Å². The molecular formula is C18H24O3. The molecule has 0 spiro atoms. The zero-order valence-corrected chi connectivity index (χ0v) is 12.8. The molecule has 0 bridgehead atoms. The number of ether oxygens (including phenoxy) is 1. The van der Waals surface area contributed by atoms with Gasteiger partial charge in [-0.05, 0) is 50.7 Å². The molecule has 2 rings (SSSR count). The number of esters is 1. The van der Waals surface area contributed by atoms with Crippen LogP contribution in [0.2, 0.25) is 0 Å². The topological polar surface area (TPSA) is 43.4 Å². The molecule has 0 aliphatic carbocycles. The van der Waals surface area contributed by atoms with E-state index < -0.39 is 0 Å². The number of rotatable bonds is 0. The van der Waals surface area contributed by atoms with E-state index >= 15 is 0 Å². The van der Waals surface area contributed by atoms with Gasteiger partial charge in [-0.1, -0.05) is 24.6 Å². The molecule has 0 amide bonds. The van der Waals surface area contributed by atoms with Crippen LogP contribution in [0.4, 0.5) is 0 Å². The van der Waals surface area contributed by atoms with Gasteiger partial charge in [0.2, 0.25) is 0 Å². The Morgan fingerprint density at radius 1 is 0.952 bits per heavy atom. The summed E-state index contributed by atoms with van der Waals surface area (Å²) in [5.74, 6) is 0.104. The first-order valence-corrected chi connectivity index (χ1v) is 7.97. The van der Waals surface area contributed by atoms with Crippen LogP contribution in [0.3, 0.4) is 0 Å². The average Bonchev–Trinajstić information content (AvgIpc) is 2.46. The van der Waals surface area contributed by atoms with Crippen LogP contribution < -0.4 is 0 Å². The number of aryl methyl sites for hydroxylation is 1. The van der Waals surface area contributed by atoms with Crippen LogP contribution in [-0.4, -0.2) is 17.9 Å². The van der Waals surface area contributed by atoms with Crippen molar-refractivity contribution in [3.8, 4) is 0 Å². The summed E-state index contributed by atoms with van der Waals surface area (Å²) in [6.45, 7) is 1.90. The molecule has 114 valence electrons. The van der Waals surface area contributed by atoms with Crippen molar-refractivity contribution in [1.82, 2.24) is 0 Å². The lowest BCUT2D eigenvalue weighted by atomic mass is 9.99. The third-order valence-electron chi connectivity index (χ3n) is 4.01. The lowest BCUT2D eigenvalue weighted by Crippen LogP contribution is -2.17. The molecule has 21 heavy (non-hydrogen) atoms. The predicted molar refractivity (Wildman–Crippen MR) is 82.3 cm³/mol. The first kappa shape index (κ1) is 15.7. The maximum absolute atomic E-state index is 12.3. The second-order valence-electron chi connectivity index (χ2n) is 5.86. The summed E-state index contributed by atoms with van der Waals surface area (Å²) in [6.07, 6.45) is 6.58. The molecule has 1 aliphatic heterocycles. The first-order valence-electron chi connectivity index (χ1n) is 7.97. The molecule has 1 atom stereocenters. The fourth-order valence-corrected chi connectivity index (χ4v) is 2.77. The van der Waals surface area contributed by atoms with E-state index in [0.717, 1.165) is 44.1 Å². The van der Waals surface area contributed by atoms with Crippen molar-refractivity contribution in [2.45, 2.75) is 64.4 Å². The number of hydrogen-bond acceptors (Lipinski definition) is 3. The van der Waals surface area contributed by atoms with Crippen molar-refractivity contribution in [2.24, 2.45) is 0 Å². The van der Waals surface area contributed by atoms with Crippen molar-refractivity contribution in [1.29, 1.82) is 0 Å². The van der Waals surface area contributed by atoms with E-state index in [0.29, 0.717) is 24.2 Å². The van der Waals surface area contributed by atoms with Gasteiger partial charge >= 0.3 is 5.97 Å². The summed E-state index contributed by atoms with van der Waals surface area (Å²) in [7, 11) is 0. The lowest BCUT2D eigenvalue weighted by molar-refractivity contribution is -0.119. The minimum atomic E-state index is -0.235. The SMILES string of the molecule is C[C@@H]1CCCC(=O)CCCCCc2ccccc2C(=O)O1. The summed E-state index contributed by atoms with van der Waals surface area (Å²) in [5.41, 5.74) is 1.75. The van der Waals surface area contributed by atoms with E-state index in [1.165, 1.54) is 0 Å². The number of carbonyl (C=O) groups excluding carboxylic acids is 2. The highest BCUT2D eigenvalue weighted by molar-refractivity contribution is 5.91. The van der Waals surface area contributed by atoms with Crippen molar-refractivity contribution in [3.05, 3.63) is 35.4 Å². The molecule has 0 saturated heterocycles. The van der Waals surface area contributed by atoms with Crippen molar-refractivity contribution < 1.29 is 14.3 Å². The first-order chi connectivity index (χ1) is 10.2. The smallest absolute Gasteiger partial charge is 0.338 e. The molecule has 3 heteroatoms. The standard InChI is InChI=1S/C18H24O3/c1-14-8-7-12-16(19)11-4-2-3-9-15-10-5-6-13-17(15)18(20)21-14/h5-6,10,13-14H,2-4,7-9,11-12H2,1H3/t14-/m1/s1. The van der Waals surface area contributed by atoms with Crippen LogP contribution in [0.5, 0.6) is 0 Å². The third-order valence-corrected chi connectivity index (χ3v) is 4.01. The number of cyclic esters (lactones) is 1. The van der Waals surface area contributed by atoms with Gasteiger partial charge in [0, 0.05) is 12.8 Å². The van der Waals surface area contributed by atoms with E-state index in [9.17, 15) is 9.59 Å². The van der Waals surface area contributed by atoms with Gasteiger partial charge in [-0.3, -0.25) is 4.79 Å². The molecule has 0 unspecified atom stereocenters. The fraction of sp³-hybridized carbons (Fsp3) is 0.556. The second kappa shape index (κ2) is 7.96. The average molecular weight is 288 g/mol. The normalized spacial score (nSPS) is 22.0. The molecule has 0 radical (unpaired) electrons. The molecule has 3 nitrogen and oxygen atoms in total. The van der Waals surface area contributed by atoms with E-state index in [2.05, 4.69) is 0 Å². The summed E-state index contributed by atoms with van der Waals surface area (Å²) >= 11 is 0. The molecule has 1 aliphatic rings. The van der Waals surface area contributed by atoms with Gasteiger partial charge in [0.05, 0.1) is 11.7 Å². The third kappa shape index (κ3) is 5.00. The largest absolute Gasteiger partial charge is 0.459 e. The summed E-state index contributed by atoms with van der Waals surface area (Å²) < 4.78 is 5.51. The van der Waals surface area contributed by atoms with E-state index in [1.807, 2.05) is 31.2 Å². The Kier molecular flexibility index (Phi) is 5.97. The maximum Gasteiger partial charge on any atom is 0.338 e. The monoisotopic (exact) mass is 288 g/mol. The van der Waals surface area contributed by atoms with Crippen LogP contribution in [0.15, 0.2) is 24.3 Å². The molecule has 0 saturated carbocycles. The van der Waals surface area contributed by atoms with Gasteiger partial charge in [-0.15, -0.1) is 0 Å². The number of ketones is 1. The zero-order valence-electron chi connectivity index (χ0n) is 12.8. The molecular weight excluding hydrogens is 264 g/mol. The van der Waals surface area contributed by atoms with Crippen molar-refractivity contribution in [3.63, 3.8) is 0 Å². The van der Waals surface area contributed by atoms with Gasteiger partial charge in [0.25, 0.3) is 0 Å². The highest BCUT2D eigenvalue weighted by atomic mass is 16.5. The minimum absolute atomic E-state index is 0.138. The van der Waals surface area contributed by atoms with Crippen LogP contribution in [-0.2, 0) is 16.0 Å². The summed E-state index contributed by atoms with van der Waals surface area (Å²) in [5, 5.41) is 0. The molecule has 1 aromatic carbocycles. The highest BCUT2D eigenvalue weighted by Gasteiger charge is 2.16. The Balaban J connectivity index is 2.10. The predicted octanol–water partition coefficient (Wildman–Crippen LogP) is 4.09. The van der Waals surface area contributed by atoms with Gasteiger partial charge in [0.1, 0.15) is 5.78 Å². The van der Waals surface area contributed by atoms with Crippen molar-refractivity contribution >= 4 is 11.8 Å². The minimum Gasteiger partial charge on any atom is -0.459 e. The van der Waals surface area contributed by atoms with Gasteiger partial charge in [-0.2, -0.15) is 0 Å². The Hall–Kier alpha value is -1.64. The van der Waals surface area contributed by atoms with Gasteiger partial charge in [-0.25, -0.2) is 4.79 Å². The van der Waals surface area contributed by atoms with Crippen LogP contribution in [0, 0.1) is 0 Å². The number of benzene rings is 1. The van der Waals surface area contributed by atoms with E-state index in [-0.39, 0.29) is 12.1 Å². The Morgan fingerprint density at radius 3 is 2.52 bits per heavy atom. The Bertz CT molecular complexity index is 493. The van der Waals surface area contributed by atoms with Gasteiger partial charge < -0.3 is 4.74 Å². The van der Waals surface area contributed by atoms with Crippen LogP contribution >= 0.6 is 0 Å². The molecule has 0 N–H and O–H groups in total. The van der Waals surface area contributed by atoms with Crippen LogP contribution in [0.25, 0.3) is 0 Å². The van der Waals surface area contributed by atoms with Gasteiger partial charge in [0.15, 0.2) is 0 Å². The molecule has 0 fully saturated rings. The Morgan fingerprint density at radius 2 is 1.67 bits per heavy atom. The maximum atomic E-state index is 12.3. The molecule has 1 aromatic rings. The number of hydrogen-bond donors (Lipinski definition) is 0.